The molecule has 0 fully saturated rings. The van der Waals surface area contributed by atoms with Crippen LogP contribution in [0.2, 0.25) is 0 Å². The van der Waals surface area contributed by atoms with Gasteiger partial charge in [0.15, 0.2) is 18.5 Å². The molecule has 3 heterocycles. The number of nitriles is 1. The third-order valence-electron chi connectivity index (χ3n) is 4.38. The number of aliphatic imine (C=N–C) groups is 2. The maximum Gasteiger partial charge on any atom is 0.307 e. The fraction of sp³-hybridized carbons (Fsp3) is 0.222. The van der Waals surface area contributed by atoms with E-state index >= 15 is 0 Å². The molecule has 2 aliphatic rings. The molecule has 1 aromatic carbocycles. The minimum absolute atomic E-state index is 0.145. The van der Waals surface area contributed by atoms with Crippen molar-refractivity contribution in [3.63, 3.8) is 0 Å². The van der Waals surface area contributed by atoms with Gasteiger partial charge in [-0.15, -0.1) is 0 Å². The van der Waals surface area contributed by atoms with Crippen molar-refractivity contribution in [2.45, 2.75) is 18.5 Å². The standard InChI is InChI=1S/C18H13F3N6O/c19-12-3-10-7-25-16(13-2-1-9(5-22)6-24-13)26-14(10)4-11(12)15-18(20,21)8-28-17(23)27-15/h1-4,6,15H,7-8H2,(H2,23,27)(H,25,26). The maximum atomic E-state index is 14.5. The van der Waals surface area contributed by atoms with Crippen molar-refractivity contribution in [1.82, 2.24) is 4.98 Å². The lowest BCUT2D eigenvalue weighted by Crippen LogP contribution is -2.40. The molecule has 1 unspecified atom stereocenters. The van der Waals surface area contributed by atoms with Gasteiger partial charge in [0.25, 0.3) is 6.02 Å². The van der Waals surface area contributed by atoms with Crippen molar-refractivity contribution in [3.05, 3.63) is 58.7 Å². The Morgan fingerprint density at radius 3 is 2.86 bits per heavy atom. The fourth-order valence-corrected chi connectivity index (χ4v) is 2.97. The molecule has 1 aromatic heterocycles. The van der Waals surface area contributed by atoms with E-state index < -0.39 is 30.4 Å². The summed E-state index contributed by atoms with van der Waals surface area (Å²) in [4.78, 5) is 12.0. The largest absolute Gasteiger partial charge is 0.459 e. The number of hydrogen-bond acceptors (Lipinski definition) is 7. The average Bonchev–Trinajstić information content (AvgIpc) is 2.69. The number of hydrogen-bond donors (Lipinski definition) is 2. The molecule has 142 valence electrons. The molecule has 4 rings (SSSR count). The van der Waals surface area contributed by atoms with Gasteiger partial charge in [0.1, 0.15) is 17.6 Å². The van der Waals surface area contributed by atoms with Crippen LogP contribution in [-0.4, -0.2) is 29.4 Å². The molecule has 0 aliphatic carbocycles. The lowest BCUT2D eigenvalue weighted by atomic mass is 9.97. The molecule has 1 atom stereocenters. The van der Waals surface area contributed by atoms with Crippen molar-refractivity contribution < 1.29 is 17.9 Å². The van der Waals surface area contributed by atoms with Crippen LogP contribution in [0.3, 0.4) is 0 Å². The van der Waals surface area contributed by atoms with E-state index in [9.17, 15) is 13.2 Å². The quantitative estimate of drug-likeness (QED) is 0.824. The number of benzene rings is 1. The number of ether oxygens (including phenoxy) is 1. The number of anilines is 1. The molecule has 0 saturated heterocycles. The topological polar surface area (TPSA) is 109 Å². The highest BCUT2D eigenvalue weighted by atomic mass is 19.3. The van der Waals surface area contributed by atoms with Crippen LogP contribution in [0.15, 0.2) is 40.4 Å². The molecule has 0 saturated carbocycles. The minimum atomic E-state index is -3.40. The summed E-state index contributed by atoms with van der Waals surface area (Å²) in [5, 5.41) is 11.8. The van der Waals surface area contributed by atoms with E-state index in [-0.39, 0.29) is 12.1 Å². The number of alkyl halides is 2. The fourth-order valence-electron chi connectivity index (χ4n) is 2.97. The molecule has 28 heavy (non-hydrogen) atoms. The lowest BCUT2D eigenvalue weighted by molar-refractivity contribution is -0.0788. The van der Waals surface area contributed by atoms with E-state index in [1.807, 2.05) is 6.07 Å². The number of aromatic nitrogens is 1. The average molecular weight is 386 g/mol. The normalized spacial score (nSPS) is 20.0. The second-order valence-corrected chi connectivity index (χ2v) is 6.28. The smallest absolute Gasteiger partial charge is 0.307 e. The van der Waals surface area contributed by atoms with Crippen LogP contribution in [0, 0.1) is 17.1 Å². The van der Waals surface area contributed by atoms with E-state index in [2.05, 4.69) is 25.0 Å². The predicted octanol–water partition coefficient (Wildman–Crippen LogP) is 2.49. The van der Waals surface area contributed by atoms with Crippen LogP contribution >= 0.6 is 0 Å². The molecule has 0 radical (unpaired) electrons. The van der Waals surface area contributed by atoms with Crippen molar-refractivity contribution in [2.75, 3.05) is 11.9 Å². The van der Waals surface area contributed by atoms with Gasteiger partial charge in [0, 0.05) is 23.0 Å². The molecule has 0 bridgehead atoms. The SMILES string of the molecule is N#Cc1ccc(C2=NCc3cc(F)c(C4N=C(N)OCC4(F)F)cc3N2)nc1. The molecular formula is C18H13F3N6O. The number of halogens is 3. The zero-order valence-electron chi connectivity index (χ0n) is 14.3. The molecular weight excluding hydrogens is 373 g/mol. The van der Waals surface area contributed by atoms with Gasteiger partial charge in [0.2, 0.25) is 0 Å². The van der Waals surface area contributed by atoms with Gasteiger partial charge in [-0.05, 0) is 24.3 Å². The highest BCUT2D eigenvalue weighted by Gasteiger charge is 2.46. The van der Waals surface area contributed by atoms with Crippen LogP contribution in [0.4, 0.5) is 18.9 Å². The van der Waals surface area contributed by atoms with Crippen LogP contribution in [0.25, 0.3) is 0 Å². The molecule has 2 aliphatic heterocycles. The summed E-state index contributed by atoms with van der Waals surface area (Å²) >= 11 is 0. The Morgan fingerprint density at radius 1 is 1.32 bits per heavy atom. The monoisotopic (exact) mass is 386 g/mol. The van der Waals surface area contributed by atoms with E-state index in [1.54, 1.807) is 12.1 Å². The molecule has 0 amide bonds. The van der Waals surface area contributed by atoms with Crippen LogP contribution in [0.1, 0.15) is 28.4 Å². The summed E-state index contributed by atoms with van der Waals surface area (Å²) in [5.41, 5.74) is 6.89. The minimum Gasteiger partial charge on any atom is -0.459 e. The Balaban J connectivity index is 1.69. The van der Waals surface area contributed by atoms with Gasteiger partial charge in [0.05, 0.1) is 12.1 Å². The highest BCUT2D eigenvalue weighted by molar-refractivity contribution is 6.08. The third-order valence-corrected chi connectivity index (χ3v) is 4.38. The van der Waals surface area contributed by atoms with Gasteiger partial charge in [-0.3, -0.25) is 9.98 Å². The summed E-state index contributed by atoms with van der Waals surface area (Å²) in [7, 11) is 0. The van der Waals surface area contributed by atoms with E-state index in [4.69, 9.17) is 11.0 Å². The molecule has 7 nitrogen and oxygen atoms in total. The summed E-state index contributed by atoms with van der Waals surface area (Å²) in [6, 6.07) is 5.39. The van der Waals surface area contributed by atoms with E-state index in [0.29, 0.717) is 28.3 Å². The summed E-state index contributed by atoms with van der Waals surface area (Å²) in [6.07, 6.45) is 1.39. The van der Waals surface area contributed by atoms with Crippen molar-refractivity contribution in [3.8, 4) is 6.07 Å². The van der Waals surface area contributed by atoms with Crippen LogP contribution in [0.5, 0.6) is 0 Å². The number of rotatable bonds is 2. The van der Waals surface area contributed by atoms with Gasteiger partial charge in [-0.1, -0.05) is 0 Å². The first-order valence-electron chi connectivity index (χ1n) is 8.21. The Morgan fingerprint density at radius 2 is 2.14 bits per heavy atom. The summed E-state index contributed by atoms with van der Waals surface area (Å²) in [5.74, 6) is -3.84. The lowest BCUT2D eigenvalue weighted by Gasteiger charge is -2.29. The molecule has 10 heteroatoms. The van der Waals surface area contributed by atoms with Gasteiger partial charge < -0.3 is 15.8 Å². The number of nitrogens with one attached hydrogen (secondary N) is 1. The number of pyridine rings is 1. The van der Waals surface area contributed by atoms with Gasteiger partial charge in [-0.25, -0.2) is 18.2 Å². The second kappa shape index (κ2) is 6.53. The predicted molar refractivity (Wildman–Crippen MR) is 94.5 cm³/mol. The first-order chi connectivity index (χ1) is 13.4. The van der Waals surface area contributed by atoms with Gasteiger partial charge in [-0.2, -0.15) is 5.26 Å². The molecule has 3 N–H and O–H groups in total. The number of fused-ring (bicyclic) bond motifs is 1. The van der Waals surface area contributed by atoms with Crippen LogP contribution < -0.4 is 11.1 Å². The van der Waals surface area contributed by atoms with E-state index in [1.165, 1.54) is 12.3 Å². The van der Waals surface area contributed by atoms with Gasteiger partial charge >= 0.3 is 5.92 Å². The molecule has 0 spiro atoms. The van der Waals surface area contributed by atoms with Crippen molar-refractivity contribution >= 4 is 17.5 Å². The summed E-state index contributed by atoms with van der Waals surface area (Å²) < 4.78 is 47.5. The van der Waals surface area contributed by atoms with Crippen LogP contribution in [-0.2, 0) is 11.3 Å². The Hall–Kier alpha value is -3.61. The first kappa shape index (κ1) is 17.8. The first-order valence-corrected chi connectivity index (χ1v) is 8.21. The maximum absolute atomic E-state index is 14.5. The zero-order chi connectivity index (χ0) is 19.9. The third kappa shape index (κ3) is 3.11. The second-order valence-electron chi connectivity index (χ2n) is 6.28. The zero-order valence-corrected chi connectivity index (χ0v) is 14.3. The number of amidine groups is 2. The van der Waals surface area contributed by atoms with Crippen molar-refractivity contribution in [1.29, 1.82) is 5.26 Å². The Bertz CT molecular complexity index is 1040. The number of nitrogens with two attached hydrogens (primary N) is 1. The highest BCUT2D eigenvalue weighted by Crippen LogP contribution is 2.40. The van der Waals surface area contributed by atoms with E-state index in [0.717, 1.165) is 6.07 Å². The van der Waals surface area contributed by atoms with Crippen molar-refractivity contribution in [2.24, 2.45) is 15.7 Å². The Labute approximate surface area is 157 Å². The Kier molecular flexibility index (Phi) is 4.15. The summed E-state index contributed by atoms with van der Waals surface area (Å²) in [6.45, 7) is -0.828. The molecule has 2 aromatic rings. The number of nitrogens with zero attached hydrogens (tertiary/aromatic N) is 4.